The number of rotatable bonds is 5. The van der Waals surface area contributed by atoms with Crippen LogP contribution in [0.2, 0.25) is 0 Å². The Bertz CT molecular complexity index is 1420. The van der Waals surface area contributed by atoms with Gasteiger partial charge in [-0.25, -0.2) is 35.1 Å². The largest absolute Gasteiger partial charge is 0.633 e. The molecule has 0 aliphatic carbocycles. The van der Waals surface area contributed by atoms with E-state index >= 15 is 0 Å². The molecule has 180 valence electrons. The van der Waals surface area contributed by atoms with Crippen molar-refractivity contribution in [2.75, 3.05) is 0 Å². The van der Waals surface area contributed by atoms with Crippen LogP contribution in [0.3, 0.4) is 0 Å². The standard InChI is InChI=1S/C22H7BF10O2/c24-10-2-1-9(8-7-13(27)19(30)22(33)16(8)10)23(34-14-5-3-11(25)17(28)20(14)31)35-15-6-4-12(26)18(29)21(15)32/h1-7H. The van der Waals surface area contributed by atoms with Crippen molar-refractivity contribution in [1.82, 2.24) is 0 Å². The molecule has 0 heterocycles. The summed E-state index contributed by atoms with van der Waals surface area (Å²) < 4.78 is 149. The zero-order valence-corrected chi connectivity index (χ0v) is 16.7. The van der Waals surface area contributed by atoms with E-state index in [1.807, 2.05) is 0 Å². The molecule has 0 bridgehead atoms. The van der Waals surface area contributed by atoms with E-state index in [1.54, 1.807) is 0 Å². The summed E-state index contributed by atoms with van der Waals surface area (Å²) in [6.45, 7) is 0. The second-order valence-electron chi connectivity index (χ2n) is 6.96. The Labute approximate surface area is 189 Å². The van der Waals surface area contributed by atoms with E-state index in [4.69, 9.17) is 9.31 Å². The van der Waals surface area contributed by atoms with Gasteiger partial charge in [0, 0.05) is 5.46 Å². The molecule has 2 nitrogen and oxygen atoms in total. The van der Waals surface area contributed by atoms with Crippen molar-refractivity contribution in [1.29, 1.82) is 0 Å². The van der Waals surface area contributed by atoms with Crippen molar-refractivity contribution < 1.29 is 53.2 Å². The highest BCUT2D eigenvalue weighted by atomic mass is 19.2. The van der Waals surface area contributed by atoms with E-state index < -0.39 is 93.0 Å². The Kier molecular flexibility index (Phi) is 6.26. The summed E-state index contributed by atoms with van der Waals surface area (Å²) in [4.78, 5) is 0. The van der Waals surface area contributed by atoms with Crippen LogP contribution >= 0.6 is 0 Å². The van der Waals surface area contributed by atoms with Gasteiger partial charge in [0.15, 0.2) is 40.7 Å². The van der Waals surface area contributed by atoms with Gasteiger partial charge in [0.25, 0.3) is 0 Å². The summed E-state index contributed by atoms with van der Waals surface area (Å²) in [7, 11) is -2.26. The SMILES string of the molecule is Fc1ccc(OB(Oc2ccc(F)c(F)c2F)c2ccc(F)c3c(F)c(F)c(F)cc23)c(F)c1F. The average Bonchev–Trinajstić information content (AvgIpc) is 2.82. The maximum absolute atomic E-state index is 14.3. The molecule has 0 amide bonds. The highest BCUT2D eigenvalue weighted by Gasteiger charge is 2.34. The molecular weight excluding hydrogens is 497 g/mol. The lowest BCUT2D eigenvalue weighted by Crippen LogP contribution is -2.44. The van der Waals surface area contributed by atoms with Crippen molar-refractivity contribution in [3.05, 3.63) is 101 Å². The molecule has 4 aromatic carbocycles. The molecule has 0 saturated heterocycles. The lowest BCUT2D eigenvalue weighted by molar-refractivity contribution is 0.372. The van der Waals surface area contributed by atoms with Crippen LogP contribution < -0.4 is 14.8 Å². The Morgan fingerprint density at radius 1 is 0.457 bits per heavy atom. The summed E-state index contributed by atoms with van der Waals surface area (Å²) in [5.41, 5.74) is -0.604. The molecule has 35 heavy (non-hydrogen) atoms. The van der Waals surface area contributed by atoms with Gasteiger partial charge < -0.3 is 9.31 Å². The predicted molar refractivity (Wildman–Crippen MR) is 103 cm³/mol. The van der Waals surface area contributed by atoms with Crippen LogP contribution in [0, 0.1) is 58.2 Å². The van der Waals surface area contributed by atoms with Gasteiger partial charge in [-0.15, -0.1) is 0 Å². The van der Waals surface area contributed by atoms with Crippen molar-refractivity contribution in [3.8, 4) is 11.5 Å². The Balaban J connectivity index is 1.93. The Hall–Kier alpha value is -3.90. The fourth-order valence-electron chi connectivity index (χ4n) is 3.18. The summed E-state index contributed by atoms with van der Waals surface area (Å²) in [5.74, 6) is -20.4. The van der Waals surface area contributed by atoms with Crippen LogP contribution in [0.1, 0.15) is 0 Å². The number of hydrogen-bond donors (Lipinski definition) is 0. The third-order valence-electron chi connectivity index (χ3n) is 4.84. The van der Waals surface area contributed by atoms with Gasteiger partial charge in [-0.05, 0) is 41.8 Å². The van der Waals surface area contributed by atoms with Gasteiger partial charge in [-0.3, -0.25) is 0 Å². The number of hydrogen-bond acceptors (Lipinski definition) is 2. The molecular formula is C22H7BF10O2. The third-order valence-corrected chi connectivity index (χ3v) is 4.84. The molecule has 4 aromatic rings. The first kappa shape index (κ1) is 24.2. The highest BCUT2D eigenvalue weighted by molar-refractivity contribution is 6.65. The average molecular weight is 504 g/mol. The first-order valence-electron chi connectivity index (χ1n) is 9.37. The topological polar surface area (TPSA) is 18.5 Å². The van der Waals surface area contributed by atoms with Crippen LogP contribution in [0.4, 0.5) is 43.9 Å². The van der Waals surface area contributed by atoms with Crippen LogP contribution in [0.5, 0.6) is 11.5 Å². The van der Waals surface area contributed by atoms with Crippen molar-refractivity contribution in [2.45, 2.75) is 0 Å². The van der Waals surface area contributed by atoms with Crippen LogP contribution in [-0.2, 0) is 0 Å². The zero-order valence-electron chi connectivity index (χ0n) is 16.7. The second-order valence-corrected chi connectivity index (χ2v) is 6.96. The van der Waals surface area contributed by atoms with Crippen molar-refractivity contribution in [3.63, 3.8) is 0 Å². The van der Waals surface area contributed by atoms with E-state index in [2.05, 4.69) is 0 Å². The summed E-state index contributed by atoms with van der Waals surface area (Å²) >= 11 is 0. The molecule has 0 atom stereocenters. The molecule has 0 fully saturated rings. The monoisotopic (exact) mass is 504 g/mol. The predicted octanol–water partition coefficient (Wildman–Crippen LogP) is 6.08. The first-order chi connectivity index (χ1) is 16.5. The Morgan fingerprint density at radius 3 is 1.43 bits per heavy atom. The van der Waals surface area contributed by atoms with Crippen LogP contribution in [0.15, 0.2) is 42.5 Å². The van der Waals surface area contributed by atoms with Gasteiger partial charge in [-0.2, -0.15) is 8.78 Å². The molecule has 0 aromatic heterocycles. The first-order valence-corrected chi connectivity index (χ1v) is 9.37. The zero-order chi connectivity index (χ0) is 25.6. The van der Waals surface area contributed by atoms with E-state index in [0.29, 0.717) is 36.4 Å². The molecule has 0 aliphatic heterocycles. The minimum atomic E-state index is -2.26. The minimum absolute atomic E-state index is 0.315. The molecule has 0 saturated carbocycles. The van der Waals surface area contributed by atoms with Gasteiger partial charge >= 0.3 is 7.12 Å². The Morgan fingerprint density at radius 2 is 0.914 bits per heavy atom. The van der Waals surface area contributed by atoms with E-state index in [0.717, 1.165) is 6.07 Å². The third kappa shape index (κ3) is 4.22. The second kappa shape index (κ2) is 9.04. The summed E-state index contributed by atoms with van der Waals surface area (Å²) in [6.07, 6.45) is 0. The maximum Gasteiger partial charge on any atom is 0.633 e. The summed E-state index contributed by atoms with van der Waals surface area (Å²) in [6, 6.07) is 3.61. The highest BCUT2D eigenvalue weighted by Crippen LogP contribution is 2.29. The normalized spacial score (nSPS) is 11.1. The van der Waals surface area contributed by atoms with Crippen LogP contribution in [-0.4, -0.2) is 7.12 Å². The van der Waals surface area contributed by atoms with E-state index in [1.165, 1.54) is 0 Å². The van der Waals surface area contributed by atoms with Crippen molar-refractivity contribution >= 4 is 23.4 Å². The lowest BCUT2D eigenvalue weighted by atomic mass is 9.75. The number of fused-ring (bicyclic) bond motifs is 1. The molecule has 4 rings (SSSR count). The van der Waals surface area contributed by atoms with Gasteiger partial charge in [-0.1, -0.05) is 6.07 Å². The molecule has 0 N–H and O–H groups in total. The minimum Gasteiger partial charge on any atom is -0.520 e. The lowest BCUT2D eigenvalue weighted by Gasteiger charge is -2.20. The smallest absolute Gasteiger partial charge is 0.520 e. The van der Waals surface area contributed by atoms with Crippen molar-refractivity contribution in [2.24, 2.45) is 0 Å². The van der Waals surface area contributed by atoms with E-state index in [9.17, 15) is 43.9 Å². The number of halogens is 10. The summed E-state index contributed by atoms with van der Waals surface area (Å²) in [5, 5.41) is -1.87. The molecule has 13 heteroatoms. The maximum atomic E-state index is 14.3. The fraction of sp³-hybridized carbons (Fsp3) is 0. The quantitative estimate of drug-likeness (QED) is 0.186. The van der Waals surface area contributed by atoms with Gasteiger partial charge in [0.1, 0.15) is 17.3 Å². The number of benzene rings is 4. The van der Waals surface area contributed by atoms with E-state index in [-0.39, 0.29) is 0 Å². The molecule has 0 spiro atoms. The van der Waals surface area contributed by atoms with Gasteiger partial charge in [0.2, 0.25) is 11.6 Å². The molecule has 0 unspecified atom stereocenters. The molecule has 0 radical (unpaired) electrons. The van der Waals surface area contributed by atoms with Crippen LogP contribution in [0.25, 0.3) is 10.8 Å². The van der Waals surface area contributed by atoms with Gasteiger partial charge in [0.05, 0.1) is 5.39 Å². The molecule has 0 aliphatic rings. The fourth-order valence-corrected chi connectivity index (χ4v) is 3.18.